The minimum atomic E-state index is -0.373. The summed E-state index contributed by atoms with van der Waals surface area (Å²) < 4.78 is 6.22. The minimum absolute atomic E-state index is 0.373. The maximum Gasteiger partial charge on any atom is 0.349 e. The summed E-state index contributed by atoms with van der Waals surface area (Å²) >= 11 is 1.25. The van der Waals surface area contributed by atoms with Crippen molar-refractivity contribution >= 4 is 17.3 Å². The van der Waals surface area contributed by atoms with Crippen LogP contribution in [0.15, 0.2) is 18.6 Å². The van der Waals surface area contributed by atoms with E-state index < -0.39 is 0 Å². The van der Waals surface area contributed by atoms with Crippen LogP contribution in [-0.4, -0.2) is 27.8 Å². The molecule has 0 amide bonds. The molecule has 0 fully saturated rings. The average molecular weight is 223 g/mol. The van der Waals surface area contributed by atoms with Gasteiger partial charge in [0.25, 0.3) is 0 Å². The fourth-order valence-electron chi connectivity index (χ4n) is 1.08. The van der Waals surface area contributed by atoms with Crippen molar-refractivity contribution in [2.75, 3.05) is 7.11 Å². The monoisotopic (exact) mass is 223 g/mol. The molecule has 2 aromatic heterocycles. The Morgan fingerprint density at radius 1 is 1.53 bits per heavy atom. The zero-order chi connectivity index (χ0) is 10.8. The molecule has 0 bridgehead atoms. The maximum atomic E-state index is 11.2. The van der Waals surface area contributed by atoms with Gasteiger partial charge in [0.2, 0.25) is 5.13 Å². The van der Waals surface area contributed by atoms with Crippen LogP contribution in [0.1, 0.15) is 15.2 Å². The third-order valence-electron chi connectivity index (χ3n) is 1.79. The lowest BCUT2D eigenvalue weighted by atomic mass is 10.4. The number of thiazole rings is 1. The highest BCUT2D eigenvalue weighted by atomic mass is 32.1. The van der Waals surface area contributed by atoms with Crippen LogP contribution >= 0.6 is 11.3 Å². The number of ether oxygens (including phenoxy) is 1. The van der Waals surface area contributed by atoms with Crippen LogP contribution in [0.4, 0.5) is 0 Å². The number of aryl methyl sites for hydroxylation is 1. The van der Waals surface area contributed by atoms with Crippen molar-refractivity contribution in [1.82, 2.24) is 14.8 Å². The zero-order valence-corrected chi connectivity index (χ0v) is 9.11. The predicted molar refractivity (Wildman–Crippen MR) is 55.3 cm³/mol. The molecular weight excluding hydrogens is 214 g/mol. The molecule has 2 heterocycles. The zero-order valence-electron chi connectivity index (χ0n) is 8.30. The second-order valence-corrected chi connectivity index (χ2v) is 3.97. The first kappa shape index (κ1) is 9.85. The summed E-state index contributed by atoms with van der Waals surface area (Å²) in [6.07, 6.45) is 5.07. The topological polar surface area (TPSA) is 57.0 Å². The van der Waals surface area contributed by atoms with Gasteiger partial charge in [0.15, 0.2) is 0 Å². The van der Waals surface area contributed by atoms with E-state index in [4.69, 9.17) is 0 Å². The van der Waals surface area contributed by atoms with Crippen LogP contribution in [0.2, 0.25) is 0 Å². The summed E-state index contributed by atoms with van der Waals surface area (Å²) in [4.78, 5) is 15.7. The van der Waals surface area contributed by atoms with Gasteiger partial charge in [0.05, 0.1) is 19.5 Å². The second-order valence-electron chi connectivity index (χ2n) is 2.96. The van der Waals surface area contributed by atoms with Gasteiger partial charge in [-0.15, -0.1) is 0 Å². The summed E-state index contributed by atoms with van der Waals surface area (Å²) in [5, 5.41) is 4.75. The molecule has 5 nitrogen and oxygen atoms in total. The molecule has 0 saturated heterocycles. The predicted octanol–water partition coefficient (Wildman–Crippen LogP) is 1.42. The van der Waals surface area contributed by atoms with Gasteiger partial charge in [-0.2, -0.15) is 5.10 Å². The van der Waals surface area contributed by atoms with Gasteiger partial charge in [0, 0.05) is 6.20 Å². The second kappa shape index (κ2) is 3.82. The van der Waals surface area contributed by atoms with Crippen LogP contribution in [0.25, 0.3) is 5.13 Å². The largest absolute Gasteiger partial charge is 0.465 e. The molecule has 0 radical (unpaired) electrons. The summed E-state index contributed by atoms with van der Waals surface area (Å²) in [6.45, 7) is 1.94. The van der Waals surface area contributed by atoms with Gasteiger partial charge < -0.3 is 4.74 Å². The third-order valence-corrected chi connectivity index (χ3v) is 2.75. The number of hydrogen-bond acceptors (Lipinski definition) is 5. The molecule has 0 aromatic carbocycles. The standard InChI is InChI=1S/C9H9N3O2S/c1-6-3-11-12(5-6)9-10-4-7(15-9)8(13)14-2/h3-5H,1-2H3. The van der Waals surface area contributed by atoms with E-state index in [1.165, 1.54) is 24.6 Å². The third kappa shape index (κ3) is 1.89. The highest BCUT2D eigenvalue weighted by Gasteiger charge is 2.11. The van der Waals surface area contributed by atoms with Crippen molar-refractivity contribution in [3.05, 3.63) is 29.0 Å². The normalized spacial score (nSPS) is 10.3. The van der Waals surface area contributed by atoms with Crippen molar-refractivity contribution in [2.24, 2.45) is 0 Å². The Bertz CT molecular complexity index is 489. The van der Waals surface area contributed by atoms with Gasteiger partial charge in [0.1, 0.15) is 4.88 Å². The lowest BCUT2D eigenvalue weighted by Gasteiger charge is -1.92. The molecule has 0 atom stereocenters. The Balaban J connectivity index is 2.31. The Labute approximate surface area is 90.3 Å². The summed E-state index contributed by atoms with van der Waals surface area (Å²) in [6, 6.07) is 0. The highest BCUT2D eigenvalue weighted by Crippen LogP contribution is 2.17. The number of aromatic nitrogens is 3. The first-order chi connectivity index (χ1) is 7.20. The van der Waals surface area contributed by atoms with E-state index in [2.05, 4.69) is 14.8 Å². The van der Waals surface area contributed by atoms with Gasteiger partial charge >= 0.3 is 5.97 Å². The van der Waals surface area contributed by atoms with E-state index in [0.29, 0.717) is 10.0 Å². The molecule has 6 heteroatoms. The van der Waals surface area contributed by atoms with Crippen LogP contribution in [-0.2, 0) is 4.74 Å². The number of hydrogen-bond donors (Lipinski definition) is 0. The van der Waals surface area contributed by atoms with Crippen LogP contribution < -0.4 is 0 Å². The molecule has 0 aliphatic carbocycles. The Morgan fingerprint density at radius 2 is 2.33 bits per heavy atom. The highest BCUT2D eigenvalue weighted by molar-refractivity contribution is 7.15. The quantitative estimate of drug-likeness (QED) is 0.722. The van der Waals surface area contributed by atoms with Crippen molar-refractivity contribution < 1.29 is 9.53 Å². The van der Waals surface area contributed by atoms with Crippen molar-refractivity contribution in [3.63, 3.8) is 0 Å². The fraction of sp³-hybridized carbons (Fsp3) is 0.222. The number of carbonyl (C=O) groups is 1. The summed E-state index contributed by atoms with van der Waals surface area (Å²) in [5.41, 5.74) is 1.05. The maximum absolute atomic E-state index is 11.2. The van der Waals surface area contributed by atoms with Gasteiger partial charge in [-0.1, -0.05) is 11.3 Å². The van der Waals surface area contributed by atoms with E-state index in [-0.39, 0.29) is 5.97 Å². The smallest absolute Gasteiger partial charge is 0.349 e. The molecule has 0 saturated carbocycles. The van der Waals surface area contributed by atoms with Crippen LogP contribution in [0.3, 0.4) is 0 Å². The number of rotatable bonds is 2. The van der Waals surface area contributed by atoms with E-state index in [1.807, 2.05) is 13.1 Å². The van der Waals surface area contributed by atoms with Crippen molar-refractivity contribution in [3.8, 4) is 5.13 Å². The first-order valence-corrected chi connectivity index (χ1v) is 5.08. The van der Waals surface area contributed by atoms with Crippen LogP contribution in [0, 0.1) is 6.92 Å². The van der Waals surface area contributed by atoms with Gasteiger partial charge in [-0.05, 0) is 12.5 Å². The minimum Gasteiger partial charge on any atom is -0.465 e. The summed E-state index contributed by atoms with van der Waals surface area (Å²) in [5.74, 6) is -0.373. The van der Waals surface area contributed by atoms with Crippen LogP contribution in [0.5, 0.6) is 0 Å². The van der Waals surface area contributed by atoms with Gasteiger partial charge in [-0.3, -0.25) is 0 Å². The van der Waals surface area contributed by atoms with E-state index >= 15 is 0 Å². The molecule has 2 aromatic rings. The van der Waals surface area contributed by atoms with Gasteiger partial charge in [-0.25, -0.2) is 14.5 Å². The molecule has 0 N–H and O–H groups in total. The lowest BCUT2D eigenvalue weighted by Crippen LogP contribution is -1.96. The number of methoxy groups -OCH3 is 1. The molecule has 0 spiro atoms. The van der Waals surface area contributed by atoms with E-state index in [0.717, 1.165) is 5.56 Å². The average Bonchev–Trinajstić information content (AvgIpc) is 2.84. The van der Waals surface area contributed by atoms with E-state index in [1.54, 1.807) is 10.9 Å². The summed E-state index contributed by atoms with van der Waals surface area (Å²) in [7, 11) is 1.35. The first-order valence-electron chi connectivity index (χ1n) is 4.26. The molecule has 0 aliphatic rings. The molecule has 2 rings (SSSR count). The molecular formula is C9H9N3O2S. The Hall–Kier alpha value is -1.69. The fourth-order valence-corrected chi connectivity index (χ4v) is 1.85. The molecule has 78 valence electrons. The molecule has 0 unspecified atom stereocenters. The van der Waals surface area contributed by atoms with E-state index in [9.17, 15) is 4.79 Å². The molecule has 0 aliphatic heterocycles. The number of carbonyl (C=O) groups excluding carboxylic acids is 1. The Kier molecular flexibility index (Phi) is 2.51. The number of esters is 1. The number of nitrogens with zero attached hydrogens (tertiary/aromatic N) is 3. The lowest BCUT2D eigenvalue weighted by molar-refractivity contribution is 0.0606. The Morgan fingerprint density at radius 3 is 2.93 bits per heavy atom. The van der Waals surface area contributed by atoms with Crippen molar-refractivity contribution in [2.45, 2.75) is 6.92 Å². The molecule has 15 heavy (non-hydrogen) atoms. The van der Waals surface area contributed by atoms with Crippen molar-refractivity contribution in [1.29, 1.82) is 0 Å². The SMILES string of the molecule is COC(=O)c1cnc(-n2cc(C)cn2)s1.